The number of hydrogen-bond acceptors (Lipinski definition) is 5. The molecule has 7 nitrogen and oxygen atoms in total. The first-order valence-electron chi connectivity index (χ1n) is 7.83. The summed E-state index contributed by atoms with van der Waals surface area (Å²) in [5.41, 5.74) is 1.64. The van der Waals surface area contributed by atoms with Gasteiger partial charge in [0.1, 0.15) is 0 Å². The quantitative estimate of drug-likeness (QED) is 0.403. The average Bonchev–Trinajstić information content (AvgIpc) is 2.69. The number of para-hydroxylation sites is 1. The molecule has 0 bridgehead atoms. The van der Waals surface area contributed by atoms with Crippen molar-refractivity contribution in [2.45, 2.75) is 0 Å². The van der Waals surface area contributed by atoms with E-state index in [9.17, 15) is 14.9 Å². The third kappa shape index (κ3) is 4.74. The summed E-state index contributed by atoms with van der Waals surface area (Å²) in [7, 11) is 0. The minimum absolute atomic E-state index is 0.0312. The minimum Gasteiger partial charge on any atom is -0.321 e. The van der Waals surface area contributed by atoms with E-state index in [4.69, 9.17) is 11.6 Å². The van der Waals surface area contributed by atoms with E-state index >= 15 is 0 Å². The fourth-order valence-corrected chi connectivity index (χ4v) is 2.42. The van der Waals surface area contributed by atoms with Gasteiger partial charge in [-0.05, 0) is 18.2 Å². The lowest BCUT2D eigenvalue weighted by molar-refractivity contribution is -0.384. The lowest BCUT2D eigenvalue weighted by Crippen LogP contribution is -2.07. The van der Waals surface area contributed by atoms with Crippen molar-refractivity contribution in [3.05, 3.63) is 87.7 Å². The summed E-state index contributed by atoms with van der Waals surface area (Å²) in [4.78, 5) is 30.7. The summed E-state index contributed by atoms with van der Waals surface area (Å²) < 4.78 is 0. The zero-order valence-corrected chi connectivity index (χ0v) is 14.6. The highest BCUT2D eigenvalue weighted by Gasteiger charge is 2.08. The number of anilines is 1. The van der Waals surface area contributed by atoms with Crippen LogP contribution in [-0.2, 0) is 4.79 Å². The Morgan fingerprint density at radius 3 is 2.56 bits per heavy atom. The lowest BCUT2D eigenvalue weighted by Gasteiger charge is -2.03. The maximum Gasteiger partial charge on any atom is 0.270 e. The minimum atomic E-state index is -0.474. The molecule has 0 fully saturated rings. The summed E-state index contributed by atoms with van der Waals surface area (Å²) in [5.74, 6) is 0.0160. The molecular weight excluding hydrogens is 368 g/mol. The van der Waals surface area contributed by atoms with Gasteiger partial charge in [0.2, 0.25) is 5.91 Å². The van der Waals surface area contributed by atoms with Crippen molar-refractivity contribution in [1.82, 2.24) is 9.97 Å². The Morgan fingerprint density at radius 1 is 1.11 bits per heavy atom. The molecular formula is C19H13ClN4O3. The predicted molar refractivity (Wildman–Crippen MR) is 103 cm³/mol. The first-order chi connectivity index (χ1) is 13.0. The number of benzene rings is 2. The van der Waals surface area contributed by atoms with Crippen LogP contribution in [0.2, 0.25) is 5.02 Å². The van der Waals surface area contributed by atoms with Crippen molar-refractivity contribution in [2.75, 3.05) is 5.32 Å². The van der Waals surface area contributed by atoms with Gasteiger partial charge < -0.3 is 5.32 Å². The van der Waals surface area contributed by atoms with E-state index < -0.39 is 4.92 Å². The van der Waals surface area contributed by atoms with Gasteiger partial charge in [-0.25, -0.2) is 9.97 Å². The smallest absolute Gasteiger partial charge is 0.270 e. The number of halogens is 1. The van der Waals surface area contributed by atoms with Gasteiger partial charge in [-0.3, -0.25) is 14.9 Å². The molecule has 3 aromatic rings. The number of aromatic nitrogens is 2. The third-order valence-corrected chi connectivity index (χ3v) is 3.88. The van der Waals surface area contributed by atoms with Crippen molar-refractivity contribution < 1.29 is 9.72 Å². The lowest BCUT2D eigenvalue weighted by atomic mass is 10.2. The topological polar surface area (TPSA) is 98.0 Å². The Kier molecular flexibility index (Phi) is 5.53. The summed E-state index contributed by atoms with van der Waals surface area (Å²) in [6, 6.07) is 13.0. The van der Waals surface area contributed by atoms with Gasteiger partial charge >= 0.3 is 0 Å². The Morgan fingerprint density at radius 2 is 1.85 bits per heavy atom. The molecule has 0 radical (unpaired) electrons. The average molecular weight is 381 g/mol. The second kappa shape index (κ2) is 8.20. The van der Waals surface area contributed by atoms with Crippen LogP contribution in [0.25, 0.3) is 17.5 Å². The maximum absolute atomic E-state index is 12.0. The first-order valence-corrected chi connectivity index (χ1v) is 8.21. The van der Waals surface area contributed by atoms with Crippen LogP contribution in [0.4, 0.5) is 11.4 Å². The summed E-state index contributed by atoms with van der Waals surface area (Å²) in [5, 5.41) is 14.0. The number of rotatable bonds is 5. The molecule has 0 aliphatic rings. The van der Waals surface area contributed by atoms with Gasteiger partial charge in [-0.15, -0.1) is 0 Å². The molecule has 2 aromatic carbocycles. The van der Waals surface area contributed by atoms with Crippen LogP contribution in [0.5, 0.6) is 0 Å². The van der Waals surface area contributed by atoms with E-state index in [0.717, 1.165) is 0 Å². The largest absolute Gasteiger partial charge is 0.321 e. The van der Waals surface area contributed by atoms with Gasteiger partial charge in [0, 0.05) is 41.7 Å². The molecule has 0 atom stereocenters. The molecule has 134 valence electrons. The number of nitro benzene ring substituents is 1. The van der Waals surface area contributed by atoms with E-state index in [2.05, 4.69) is 15.3 Å². The number of carbonyl (C=O) groups is 1. The Labute approximate surface area is 159 Å². The number of hydrogen-bond donors (Lipinski definition) is 1. The van der Waals surface area contributed by atoms with Crippen molar-refractivity contribution in [2.24, 2.45) is 0 Å². The molecule has 0 aliphatic heterocycles. The maximum atomic E-state index is 12.0. The van der Waals surface area contributed by atoms with Gasteiger partial charge in [-0.1, -0.05) is 35.9 Å². The van der Waals surface area contributed by atoms with Crippen LogP contribution in [0.3, 0.4) is 0 Å². The highest BCUT2D eigenvalue weighted by atomic mass is 35.5. The molecule has 27 heavy (non-hydrogen) atoms. The molecule has 0 saturated carbocycles. The zero-order chi connectivity index (χ0) is 19.2. The Hall–Kier alpha value is -3.58. The van der Waals surface area contributed by atoms with Crippen molar-refractivity contribution in [1.29, 1.82) is 0 Å². The molecule has 8 heteroatoms. The number of non-ortho nitro benzene ring substituents is 1. The second-order valence-corrected chi connectivity index (χ2v) is 5.86. The van der Waals surface area contributed by atoms with Gasteiger partial charge in [-0.2, -0.15) is 0 Å². The van der Waals surface area contributed by atoms with Crippen LogP contribution in [0, 0.1) is 10.1 Å². The molecule has 0 unspecified atom stereocenters. The normalized spacial score (nSPS) is 10.7. The van der Waals surface area contributed by atoms with Crippen molar-refractivity contribution >= 4 is 35.0 Å². The monoisotopic (exact) mass is 380 g/mol. The van der Waals surface area contributed by atoms with E-state index in [1.807, 2.05) is 0 Å². The van der Waals surface area contributed by atoms with E-state index in [1.165, 1.54) is 30.6 Å². The SMILES string of the molecule is O=C(/C=C/c1cnc(-c2cccc([N+](=O)[O-])c2)nc1)Nc1ccccc1Cl. The third-order valence-electron chi connectivity index (χ3n) is 3.55. The molecule has 0 spiro atoms. The molecule has 1 aromatic heterocycles. The van der Waals surface area contributed by atoms with Crippen LogP contribution < -0.4 is 5.32 Å². The summed E-state index contributed by atoms with van der Waals surface area (Å²) in [6.45, 7) is 0. The molecule has 1 amide bonds. The fraction of sp³-hybridized carbons (Fsp3) is 0. The van der Waals surface area contributed by atoms with Crippen LogP contribution >= 0.6 is 11.6 Å². The summed E-state index contributed by atoms with van der Waals surface area (Å²) in [6.07, 6.45) is 5.96. The predicted octanol–water partition coefficient (Wildman–Crippen LogP) is 4.36. The highest BCUT2D eigenvalue weighted by Crippen LogP contribution is 2.21. The number of nitro groups is 1. The van der Waals surface area contributed by atoms with Crippen molar-refractivity contribution in [3.63, 3.8) is 0 Å². The van der Waals surface area contributed by atoms with Gasteiger partial charge in [0.25, 0.3) is 5.69 Å². The molecule has 1 N–H and O–H groups in total. The molecule has 3 rings (SSSR count). The summed E-state index contributed by atoms with van der Waals surface area (Å²) >= 11 is 5.99. The standard InChI is InChI=1S/C19H13ClN4O3/c20-16-6-1-2-7-17(16)23-18(25)9-8-13-11-21-19(22-12-13)14-4-3-5-15(10-14)24(26)27/h1-12H,(H,23,25)/b9-8+. The highest BCUT2D eigenvalue weighted by molar-refractivity contribution is 6.33. The van der Waals surface area contributed by atoms with E-state index in [-0.39, 0.29) is 11.6 Å². The number of carbonyl (C=O) groups excluding carboxylic acids is 1. The number of nitrogens with one attached hydrogen (secondary N) is 1. The first kappa shape index (κ1) is 18.2. The zero-order valence-electron chi connectivity index (χ0n) is 13.9. The van der Waals surface area contributed by atoms with E-state index in [1.54, 1.807) is 42.5 Å². The van der Waals surface area contributed by atoms with Crippen LogP contribution in [-0.4, -0.2) is 20.8 Å². The molecule has 1 heterocycles. The number of amides is 1. The van der Waals surface area contributed by atoms with Gasteiger partial charge in [0.05, 0.1) is 15.6 Å². The van der Waals surface area contributed by atoms with Crippen LogP contribution in [0.1, 0.15) is 5.56 Å². The fourth-order valence-electron chi connectivity index (χ4n) is 2.24. The second-order valence-electron chi connectivity index (χ2n) is 5.45. The van der Waals surface area contributed by atoms with Crippen molar-refractivity contribution in [3.8, 4) is 11.4 Å². The Balaban J connectivity index is 1.69. The number of nitrogens with zero attached hydrogens (tertiary/aromatic N) is 3. The van der Waals surface area contributed by atoms with Gasteiger partial charge in [0.15, 0.2) is 5.82 Å². The Bertz CT molecular complexity index is 1020. The van der Waals surface area contributed by atoms with Crippen LogP contribution in [0.15, 0.2) is 67.0 Å². The molecule has 0 aliphatic carbocycles. The molecule has 0 saturated heterocycles. The van der Waals surface area contributed by atoms with E-state index in [0.29, 0.717) is 27.7 Å².